The third-order valence-electron chi connectivity index (χ3n) is 5.93. The first-order chi connectivity index (χ1) is 16.0. The largest absolute Gasteiger partial charge is 0.354 e. The molecule has 0 aliphatic heterocycles. The topological polar surface area (TPSA) is 87.3 Å². The molecule has 0 aromatic heterocycles. The number of benzene rings is 2. The summed E-state index contributed by atoms with van der Waals surface area (Å²) in [5, 5.41) is 9.23. The Morgan fingerprint density at radius 3 is 2.24 bits per heavy atom. The van der Waals surface area contributed by atoms with E-state index in [1.807, 2.05) is 0 Å². The van der Waals surface area contributed by atoms with E-state index in [0.29, 0.717) is 40.7 Å². The zero-order valence-electron chi connectivity index (χ0n) is 17.9. The summed E-state index contributed by atoms with van der Waals surface area (Å²) in [5.74, 6) is -2.43. The number of alkyl halides is 2. The van der Waals surface area contributed by atoms with Gasteiger partial charge in [-0.1, -0.05) is 34.8 Å². The summed E-state index contributed by atoms with van der Waals surface area (Å²) >= 11 is 31.2. The van der Waals surface area contributed by atoms with Gasteiger partial charge in [0, 0.05) is 28.2 Å². The van der Waals surface area contributed by atoms with Crippen LogP contribution in [0.25, 0.3) is 0 Å². The Hall–Kier alpha value is -1.70. The molecule has 2 aromatic carbocycles. The van der Waals surface area contributed by atoms with E-state index in [1.54, 1.807) is 31.2 Å². The lowest BCUT2D eigenvalue weighted by Crippen LogP contribution is -2.49. The Balaban J connectivity index is 1.48. The fraction of sp³-hybridized carbons (Fsp3) is 0.348. The molecule has 2 aliphatic carbocycles. The van der Waals surface area contributed by atoms with Crippen molar-refractivity contribution in [3.63, 3.8) is 0 Å². The predicted molar refractivity (Wildman–Crippen MR) is 135 cm³/mol. The molecule has 34 heavy (non-hydrogen) atoms. The third-order valence-corrected chi connectivity index (χ3v) is 7.64. The molecule has 0 radical (unpaired) electrons. The average Bonchev–Trinajstić information content (AvgIpc) is 3.64. The van der Waals surface area contributed by atoms with Gasteiger partial charge in [0.05, 0.1) is 16.5 Å². The maximum Gasteiger partial charge on any atom is 0.253 e. The van der Waals surface area contributed by atoms with Crippen LogP contribution in [0.3, 0.4) is 0 Å². The molecular weight excluding hydrogens is 544 g/mol. The van der Waals surface area contributed by atoms with Crippen molar-refractivity contribution in [1.82, 2.24) is 10.6 Å². The van der Waals surface area contributed by atoms with Crippen molar-refractivity contribution in [2.45, 2.75) is 35.6 Å². The van der Waals surface area contributed by atoms with E-state index in [0.717, 1.165) is 0 Å². The van der Waals surface area contributed by atoms with Crippen LogP contribution in [0.4, 0.5) is 5.69 Å². The molecule has 3 amide bonds. The highest BCUT2D eigenvalue weighted by molar-refractivity contribution is 6.53. The monoisotopic (exact) mass is 561 g/mol. The summed E-state index contributed by atoms with van der Waals surface area (Å²) in [6, 6.07) is 9.41. The number of rotatable bonds is 7. The quantitative estimate of drug-likeness (QED) is 0.385. The number of anilines is 1. The highest BCUT2D eigenvalue weighted by Gasteiger charge is 2.67. The third kappa shape index (κ3) is 4.98. The van der Waals surface area contributed by atoms with Gasteiger partial charge in [0.2, 0.25) is 11.8 Å². The van der Waals surface area contributed by atoms with Crippen molar-refractivity contribution in [1.29, 1.82) is 0 Å². The second kappa shape index (κ2) is 9.40. The highest BCUT2D eigenvalue weighted by atomic mass is 35.5. The zero-order chi connectivity index (χ0) is 24.8. The summed E-state index contributed by atoms with van der Waals surface area (Å²) in [6.07, 6.45) is 1.09. The van der Waals surface area contributed by atoms with Crippen LogP contribution >= 0.6 is 58.0 Å². The van der Waals surface area contributed by atoms with Crippen molar-refractivity contribution in [2.24, 2.45) is 5.92 Å². The van der Waals surface area contributed by atoms with Crippen molar-refractivity contribution >= 4 is 81.4 Å². The van der Waals surface area contributed by atoms with E-state index in [2.05, 4.69) is 16.0 Å². The summed E-state index contributed by atoms with van der Waals surface area (Å²) in [6.45, 7) is 2.27. The van der Waals surface area contributed by atoms with Gasteiger partial charge in [-0.15, -0.1) is 23.2 Å². The van der Waals surface area contributed by atoms with Crippen LogP contribution in [0.2, 0.25) is 15.1 Å². The second-order valence-electron chi connectivity index (χ2n) is 8.41. The minimum atomic E-state index is -1.34. The predicted octanol–water partition coefficient (Wildman–Crippen LogP) is 5.57. The number of amides is 3. The molecule has 2 saturated carbocycles. The van der Waals surface area contributed by atoms with Gasteiger partial charge >= 0.3 is 0 Å². The molecule has 0 bridgehead atoms. The molecule has 2 aromatic rings. The van der Waals surface area contributed by atoms with Crippen LogP contribution in [0.5, 0.6) is 0 Å². The van der Waals surface area contributed by atoms with Gasteiger partial charge < -0.3 is 16.0 Å². The summed E-state index contributed by atoms with van der Waals surface area (Å²) < 4.78 is -1.34. The normalized spacial score (nSPS) is 21.4. The van der Waals surface area contributed by atoms with Gasteiger partial charge in [0.1, 0.15) is 9.87 Å². The van der Waals surface area contributed by atoms with Gasteiger partial charge in [-0.05, 0) is 61.7 Å². The van der Waals surface area contributed by atoms with Gasteiger partial charge in [-0.25, -0.2) is 0 Å². The van der Waals surface area contributed by atoms with Crippen molar-refractivity contribution in [3.05, 3.63) is 62.6 Å². The van der Waals surface area contributed by atoms with E-state index < -0.39 is 33.5 Å². The molecule has 6 nitrogen and oxygen atoms in total. The smallest absolute Gasteiger partial charge is 0.253 e. The van der Waals surface area contributed by atoms with Crippen LogP contribution in [0.1, 0.15) is 41.6 Å². The minimum Gasteiger partial charge on any atom is -0.354 e. The summed E-state index contributed by atoms with van der Waals surface area (Å²) in [4.78, 5) is 38.1. The van der Waals surface area contributed by atoms with Crippen LogP contribution in [-0.2, 0) is 9.59 Å². The number of hydrogen-bond acceptors (Lipinski definition) is 3. The first-order valence-corrected chi connectivity index (χ1v) is 12.4. The molecule has 0 heterocycles. The lowest BCUT2D eigenvalue weighted by Gasteiger charge is -2.17. The number of carbonyl (C=O) groups is 3. The lowest BCUT2D eigenvalue weighted by molar-refractivity contribution is -0.123. The molecule has 4 rings (SSSR count). The first kappa shape index (κ1) is 25.4. The Bertz CT molecular complexity index is 1160. The SMILES string of the molecule is CCNC(=O)C1(NC(=O)c2cc(NC(=O)C3C(c4cc(Cl)cc(Cl)c4)C3(Cl)Cl)ccc2Cl)CC1. The Morgan fingerprint density at radius 1 is 1.00 bits per heavy atom. The van der Waals surface area contributed by atoms with E-state index in [-0.39, 0.29) is 16.5 Å². The molecule has 2 fully saturated rings. The van der Waals surface area contributed by atoms with Gasteiger partial charge in [-0.2, -0.15) is 0 Å². The zero-order valence-corrected chi connectivity index (χ0v) is 21.6. The van der Waals surface area contributed by atoms with E-state index in [4.69, 9.17) is 58.0 Å². The molecule has 0 spiro atoms. The van der Waals surface area contributed by atoms with Crippen molar-refractivity contribution < 1.29 is 14.4 Å². The lowest BCUT2D eigenvalue weighted by atomic mass is 10.1. The molecular formula is C23H20Cl5N3O3. The highest BCUT2D eigenvalue weighted by Crippen LogP contribution is 2.65. The van der Waals surface area contributed by atoms with Crippen LogP contribution in [0.15, 0.2) is 36.4 Å². The maximum atomic E-state index is 13.0. The molecule has 3 N–H and O–H groups in total. The number of likely N-dealkylation sites (N-methyl/N-ethyl adjacent to an activating group) is 1. The van der Waals surface area contributed by atoms with Gasteiger partial charge in [0.15, 0.2) is 0 Å². The fourth-order valence-corrected chi connectivity index (χ4v) is 5.54. The minimum absolute atomic E-state index is 0.132. The van der Waals surface area contributed by atoms with Crippen molar-refractivity contribution in [3.8, 4) is 0 Å². The Labute approximate surface area is 221 Å². The first-order valence-electron chi connectivity index (χ1n) is 10.5. The van der Waals surface area contributed by atoms with Gasteiger partial charge in [-0.3, -0.25) is 14.4 Å². The molecule has 2 aliphatic rings. The van der Waals surface area contributed by atoms with Crippen LogP contribution in [-0.4, -0.2) is 34.1 Å². The maximum absolute atomic E-state index is 13.0. The fourth-order valence-electron chi connectivity index (χ4n) is 3.97. The van der Waals surface area contributed by atoms with E-state index in [1.165, 1.54) is 12.1 Å². The summed E-state index contributed by atoms with van der Waals surface area (Å²) in [5.41, 5.74) is 0.193. The number of halogens is 5. The molecule has 180 valence electrons. The Kier molecular flexibility index (Phi) is 7.02. The molecule has 2 unspecified atom stereocenters. The summed E-state index contributed by atoms with van der Waals surface area (Å²) in [7, 11) is 0. The Morgan fingerprint density at radius 2 is 1.65 bits per heavy atom. The second-order valence-corrected chi connectivity index (χ2v) is 11.1. The van der Waals surface area contributed by atoms with Crippen LogP contribution in [0, 0.1) is 5.92 Å². The number of nitrogens with one attached hydrogen (secondary N) is 3. The van der Waals surface area contributed by atoms with Crippen molar-refractivity contribution in [2.75, 3.05) is 11.9 Å². The van der Waals surface area contributed by atoms with E-state index in [9.17, 15) is 14.4 Å². The number of carbonyl (C=O) groups excluding carboxylic acids is 3. The molecule has 0 saturated heterocycles. The molecule has 2 atom stereocenters. The van der Waals surface area contributed by atoms with Gasteiger partial charge in [0.25, 0.3) is 5.91 Å². The number of hydrogen-bond donors (Lipinski definition) is 3. The standard InChI is InChI=1S/C23H20Cl5N3O3/c1-2-29-21(34)22(5-6-22)31-19(32)15-10-14(3-4-16(15)26)30-20(33)18-17(23(18,27)28)11-7-12(24)9-13(25)8-11/h3-4,7-10,17-18H,2,5-6H2,1H3,(H,29,34)(H,30,33)(H,31,32). The molecule has 11 heteroatoms. The van der Waals surface area contributed by atoms with Crippen LogP contribution < -0.4 is 16.0 Å². The van der Waals surface area contributed by atoms with E-state index >= 15 is 0 Å². The average molecular weight is 564 g/mol.